The second kappa shape index (κ2) is 22.2. The number of aryl methyl sites for hydroxylation is 1. The molecule has 0 amide bonds. The first kappa shape index (κ1) is 23.1. The van der Waals surface area contributed by atoms with Gasteiger partial charge in [-0.15, -0.1) is 0 Å². The Morgan fingerprint density at radius 2 is 1.37 bits per heavy atom. The zero-order chi connectivity index (χ0) is 15.5. The van der Waals surface area contributed by atoms with Crippen LogP contribution in [0.5, 0.6) is 5.75 Å². The van der Waals surface area contributed by atoms with Gasteiger partial charge in [0.15, 0.2) is 0 Å². The maximum Gasteiger partial charge on any atom is 0.122 e. The minimum atomic E-state index is 0.753. The Balaban J connectivity index is -0.000000375. The molecule has 0 saturated carbocycles. The lowest BCUT2D eigenvalue weighted by atomic mass is 10.1. The van der Waals surface area contributed by atoms with Gasteiger partial charge in [-0.1, -0.05) is 73.1 Å². The normalized spacial score (nSPS) is 7.79. The van der Waals surface area contributed by atoms with E-state index in [2.05, 4.69) is 25.1 Å². The van der Waals surface area contributed by atoms with Gasteiger partial charge in [0.1, 0.15) is 5.75 Å². The van der Waals surface area contributed by atoms with E-state index in [1.165, 1.54) is 18.4 Å². The number of hydrogen-bond donors (Lipinski definition) is 0. The van der Waals surface area contributed by atoms with E-state index in [-0.39, 0.29) is 0 Å². The lowest BCUT2D eigenvalue weighted by Gasteiger charge is -2.08. The average molecular weight is 268 g/mol. The molecule has 0 aromatic heterocycles. The molecule has 0 aliphatic carbocycles. The highest BCUT2D eigenvalue weighted by Crippen LogP contribution is 2.19. The minimum absolute atomic E-state index is 0.753. The quantitative estimate of drug-likeness (QED) is 0.591. The van der Waals surface area contributed by atoms with Gasteiger partial charge in [-0.3, -0.25) is 0 Å². The van der Waals surface area contributed by atoms with Crippen molar-refractivity contribution in [2.45, 2.75) is 74.7 Å². The van der Waals surface area contributed by atoms with Crippen LogP contribution in [0.3, 0.4) is 0 Å². The van der Waals surface area contributed by atoms with Crippen LogP contribution in [0.2, 0.25) is 0 Å². The number of unbranched alkanes of at least 4 members (excludes halogenated alkanes) is 1. The summed E-state index contributed by atoms with van der Waals surface area (Å²) >= 11 is 0. The van der Waals surface area contributed by atoms with Gasteiger partial charge >= 0.3 is 0 Å². The molecule has 0 atom stereocenters. The molecular formula is C18H36O. The van der Waals surface area contributed by atoms with E-state index in [0.29, 0.717) is 0 Å². The molecule has 0 bridgehead atoms. The molecule has 1 rings (SSSR count). The highest BCUT2D eigenvalue weighted by Gasteiger charge is 2.00. The van der Waals surface area contributed by atoms with Gasteiger partial charge in [0.25, 0.3) is 0 Å². The molecule has 0 fully saturated rings. The summed E-state index contributed by atoms with van der Waals surface area (Å²) in [5, 5.41) is 0. The smallest absolute Gasteiger partial charge is 0.122 e. The fraction of sp³-hybridized carbons (Fsp3) is 0.667. The number of ether oxygens (including phenoxy) is 1. The predicted molar refractivity (Wildman–Crippen MR) is 90.3 cm³/mol. The molecule has 1 nitrogen and oxygen atoms in total. The van der Waals surface area contributed by atoms with Crippen molar-refractivity contribution in [1.82, 2.24) is 0 Å². The molecular weight excluding hydrogens is 232 g/mol. The van der Waals surface area contributed by atoms with Crippen LogP contribution in [-0.2, 0) is 6.42 Å². The fourth-order valence-corrected chi connectivity index (χ4v) is 1.37. The van der Waals surface area contributed by atoms with Crippen LogP contribution in [0.1, 0.15) is 73.8 Å². The molecule has 114 valence electrons. The summed E-state index contributed by atoms with van der Waals surface area (Å²) in [6, 6.07) is 8.31. The highest BCUT2D eigenvalue weighted by molar-refractivity contribution is 5.33. The topological polar surface area (TPSA) is 9.23 Å². The lowest BCUT2D eigenvalue weighted by molar-refractivity contribution is 0.336. The Labute approximate surface area is 122 Å². The molecule has 19 heavy (non-hydrogen) atoms. The molecule has 0 N–H and O–H groups in total. The third kappa shape index (κ3) is 13.3. The third-order valence-electron chi connectivity index (χ3n) is 2.07. The van der Waals surface area contributed by atoms with Crippen LogP contribution in [-0.4, -0.2) is 6.61 Å². The lowest BCUT2D eigenvalue weighted by Crippen LogP contribution is -1.96. The van der Waals surface area contributed by atoms with Crippen LogP contribution in [0.25, 0.3) is 0 Å². The number of rotatable bonds is 5. The summed E-state index contributed by atoms with van der Waals surface area (Å²) < 4.78 is 5.53. The summed E-state index contributed by atoms with van der Waals surface area (Å²) in [5.74, 6) is 1.05. The van der Waals surface area contributed by atoms with E-state index in [4.69, 9.17) is 4.74 Å². The van der Waals surface area contributed by atoms with E-state index in [9.17, 15) is 0 Å². The van der Waals surface area contributed by atoms with Gasteiger partial charge in [-0.25, -0.2) is 0 Å². The maximum atomic E-state index is 5.53. The Morgan fingerprint density at radius 3 is 1.84 bits per heavy atom. The van der Waals surface area contributed by atoms with Crippen molar-refractivity contribution in [1.29, 1.82) is 0 Å². The van der Waals surface area contributed by atoms with E-state index >= 15 is 0 Å². The summed E-state index contributed by atoms with van der Waals surface area (Å²) in [5.41, 5.74) is 1.34. The summed E-state index contributed by atoms with van der Waals surface area (Å²) in [7, 11) is 0. The van der Waals surface area contributed by atoms with E-state index in [0.717, 1.165) is 18.8 Å². The Kier molecular flexibility index (Phi) is 27.1. The molecule has 1 aromatic rings. The molecule has 0 aliphatic rings. The van der Waals surface area contributed by atoms with E-state index in [1.807, 2.05) is 54.5 Å². The van der Waals surface area contributed by atoms with Crippen LogP contribution >= 0.6 is 0 Å². The Hall–Kier alpha value is -0.980. The summed E-state index contributed by atoms with van der Waals surface area (Å²) in [6.45, 7) is 17.0. The number of hydrogen-bond acceptors (Lipinski definition) is 1. The van der Waals surface area contributed by atoms with Crippen molar-refractivity contribution in [3.8, 4) is 5.75 Å². The molecule has 0 saturated heterocycles. The molecule has 0 unspecified atom stereocenters. The van der Waals surface area contributed by atoms with E-state index in [1.54, 1.807) is 0 Å². The highest BCUT2D eigenvalue weighted by atomic mass is 16.5. The molecule has 0 heterocycles. The monoisotopic (exact) mass is 268 g/mol. The molecule has 1 heteroatoms. The summed E-state index contributed by atoms with van der Waals surface area (Å²) in [4.78, 5) is 0. The van der Waals surface area contributed by atoms with Crippen molar-refractivity contribution in [2.24, 2.45) is 0 Å². The summed E-state index contributed by atoms with van der Waals surface area (Å²) in [6.07, 6.45) is 3.61. The number of para-hydroxylation sites is 1. The van der Waals surface area contributed by atoms with E-state index < -0.39 is 0 Å². The van der Waals surface area contributed by atoms with Gasteiger partial charge in [-0.2, -0.15) is 0 Å². The molecule has 1 aromatic carbocycles. The van der Waals surface area contributed by atoms with Crippen molar-refractivity contribution in [3.63, 3.8) is 0 Å². The van der Waals surface area contributed by atoms with Gasteiger partial charge in [0.05, 0.1) is 6.61 Å². The van der Waals surface area contributed by atoms with Crippen molar-refractivity contribution in [2.75, 3.05) is 6.61 Å². The van der Waals surface area contributed by atoms with Crippen molar-refractivity contribution < 1.29 is 4.74 Å². The number of benzene rings is 1. The maximum absolute atomic E-state index is 5.53. The van der Waals surface area contributed by atoms with Crippen molar-refractivity contribution >= 4 is 0 Å². The fourth-order valence-electron chi connectivity index (χ4n) is 1.37. The third-order valence-corrected chi connectivity index (χ3v) is 2.07. The van der Waals surface area contributed by atoms with Gasteiger partial charge in [0.2, 0.25) is 0 Å². The second-order valence-corrected chi connectivity index (χ2v) is 3.14. The average Bonchev–Trinajstić information content (AvgIpc) is 2.53. The largest absolute Gasteiger partial charge is 0.494 e. The first-order chi connectivity index (χ1) is 9.38. The van der Waals surface area contributed by atoms with Crippen LogP contribution in [0.4, 0.5) is 0 Å². The molecule has 0 radical (unpaired) electrons. The first-order valence-electron chi connectivity index (χ1n) is 8.09. The zero-order valence-corrected chi connectivity index (χ0v) is 14.5. The van der Waals surface area contributed by atoms with Crippen LogP contribution in [0.15, 0.2) is 24.3 Å². The minimum Gasteiger partial charge on any atom is -0.494 e. The SMILES string of the molecule is CC.CC.CC.CCCCc1ccccc1OCC. The van der Waals surface area contributed by atoms with Crippen LogP contribution in [0, 0.1) is 0 Å². The van der Waals surface area contributed by atoms with Gasteiger partial charge < -0.3 is 4.74 Å². The van der Waals surface area contributed by atoms with Crippen LogP contribution < -0.4 is 4.74 Å². The van der Waals surface area contributed by atoms with Gasteiger partial charge in [0, 0.05) is 0 Å². The van der Waals surface area contributed by atoms with Gasteiger partial charge in [-0.05, 0) is 31.4 Å². The molecule has 0 aliphatic heterocycles. The zero-order valence-electron chi connectivity index (χ0n) is 14.5. The Morgan fingerprint density at radius 1 is 0.842 bits per heavy atom. The predicted octanol–water partition coefficient (Wildman–Crippen LogP) is 6.51. The molecule has 0 spiro atoms. The second-order valence-electron chi connectivity index (χ2n) is 3.14. The first-order valence-corrected chi connectivity index (χ1v) is 8.09. The van der Waals surface area contributed by atoms with Crippen molar-refractivity contribution in [3.05, 3.63) is 29.8 Å². The standard InChI is InChI=1S/C12H18O.3C2H6/c1-3-5-8-11-9-6-7-10-12(11)13-4-2;3*1-2/h6-7,9-10H,3-5,8H2,1-2H3;3*1-2H3. The Bertz CT molecular complexity index is 243.